The molecule has 1 saturated carbocycles. The summed E-state index contributed by atoms with van der Waals surface area (Å²) in [6.45, 7) is 0.912. The van der Waals surface area contributed by atoms with Crippen LogP contribution in [0.4, 0.5) is 0 Å². The van der Waals surface area contributed by atoms with Crippen LogP contribution in [0.5, 0.6) is 0 Å². The average Bonchev–Trinajstić information content (AvgIpc) is 2.70. The monoisotopic (exact) mass is 279 g/mol. The Morgan fingerprint density at radius 2 is 2.00 bits per heavy atom. The summed E-state index contributed by atoms with van der Waals surface area (Å²) in [4.78, 5) is 15.3. The van der Waals surface area contributed by atoms with Gasteiger partial charge in [0.25, 0.3) is 0 Å². The summed E-state index contributed by atoms with van der Waals surface area (Å²) in [6.07, 6.45) is 8.49. The number of fused-ring (bicyclic) bond motifs is 1. The zero-order chi connectivity index (χ0) is 13.2. The highest BCUT2D eigenvalue weighted by Crippen LogP contribution is 2.37. The van der Waals surface area contributed by atoms with Gasteiger partial charge in [0.1, 0.15) is 6.04 Å². The maximum Gasteiger partial charge on any atom is 0.325 e. The molecule has 0 aromatic carbocycles. The zero-order valence-electron chi connectivity index (χ0n) is 11.2. The Labute approximate surface area is 118 Å². The number of carbonyl (C=O) groups is 1. The van der Waals surface area contributed by atoms with E-state index in [0.29, 0.717) is 6.04 Å². The lowest BCUT2D eigenvalue weighted by atomic mass is 9.95. The van der Waals surface area contributed by atoms with Crippen LogP contribution in [0, 0.1) is 0 Å². The second kappa shape index (κ2) is 5.63. The van der Waals surface area contributed by atoms with Crippen LogP contribution in [0.25, 0.3) is 0 Å². The van der Waals surface area contributed by atoms with Crippen molar-refractivity contribution in [3.63, 3.8) is 0 Å². The van der Waals surface area contributed by atoms with Gasteiger partial charge in [-0.3, -0.25) is 9.69 Å². The number of carboxylic acids is 1. The van der Waals surface area contributed by atoms with Crippen LogP contribution in [-0.4, -0.2) is 28.6 Å². The molecule has 19 heavy (non-hydrogen) atoms. The number of carboxylic acid groups (broad SMARTS) is 1. The predicted molar refractivity (Wildman–Crippen MR) is 76.6 cm³/mol. The first-order valence-corrected chi connectivity index (χ1v) is 8.20. The van der Waals surface area contributed by atoms with Crippen molar-refractivity contribution in [2.24, 2.45) is 0 Å². The van der Waals surface area contributed by atoms with Crippen LogP contribution in [-0.2, 0) is 11.2 Å². The van der Waals surface area contributed by atoms with Crippen LogP contribution in [0.1, 0.15) is 55.0 Å². The highest BCUT2D eigenvalue weighted by molar-refractivity contribution is 7.10. The van der Waals surface area contributed by atoms with Gasteiger partial charge in [0, 0.05) is 17.5 Å². The fraction of sp³-hybridized carbons (Fsp3) is 0.667. The van der Waals surface area contributed by atoms with Crippen molar-refractivity contribution in [2.75, 3.05) is 6.54 Å². The highest BCUT2D eigenvalue weighted by atomic mass is 32.1. The van der Waals surface area contributed by atoms with Crippen molar-refractivity contribution in [3.05, 3.63) is 21.9 Å². The van der Waals surface area contributed by atoms with E-state index >= 15 is 0 Å². The first-order chi connectivity index (χ1) is 9.27. The van der Waals surface area contributed by atoms with E-state index in [1.54, 1.807) is 11.3 Å². The summed E-state index contributed by atoms with van der Waals surface area (Å²) in [5.41, 5.74) is 1.05. The van der Waals surface area contributed by atoms with E-state index in [-0.39, 0.29) is 0 Å². The van der Waals surface area contributed by atoms with E-state index in [4.69, 9.17) is 0 Å². The molecule has 2 aliphatic rings. The summed E-state index contributed by atoms with van der Waals surface area (Å²) in [7, 11) is 0. The minimum atomic E-state index is -0.677. The molecule has 1 aromatic rings. The van der Waals surface area contributed by atoms with Gasteiger partial charge in [-0.25, -0.2) is 0 Å². The van der Waals surface area contributed by atoms with Gasteiger partial charge in [-0.2, -0.15) is 0 Å². The third-order valence-electron chi connectivity index (χ3n) is 4.53. The van der Waals surface area contributed by atoms with Crippen molar-refractivity contribution in [2.45, 2.75) is 57.0 Å². The van der Waals surface area contributed by atoms with Crippen LogP contribution < -0.4 is 0 Å². The molecule has 0 amide bonds. The molecular formula is C15H21NO2S. The highest BCUT2D eigenvalue weighted by Gasteiger charge is 2.37. The third kappa shape index (κ3) is 2.56. The second-order valence-corrected chi connectivity index (χ2v) is 6.67. The summed E-state index contributed by atoms with van der Waals surface area (Å²) in [6, 6.07) is 2.08. The molecule has 1 fully saturated rings. The Morgan fingerprint density at radius 3 is 2.68 bits per heavy atom. The lowest BCUT2D eigenvalue weighted by molar-refractivity contribution is -0.145. The maximum atomic E-state index is 11.7. The largest absolute Gasteiger partial charge is 0.480 e. The lowest BCUT2D eigenvalue weighted by Gasteiger charge is -2.39. The fourth-order valence-corrected chi connectivity index (χ4v) is 4.50. The molecule has 1 aromatic heterocycles. The molecule has 3 nitrogen and oxygen atoms in total. The van der Waals surface area contributed by atoms with Crippen molar-refractivity contribution in [1.82, 2.24) is 4.90 Å². The SMILES string of the molecule is O=C(O)C1c2ccsc2CCN1C1CCCCCC1. The van der Waals surface area contributed by atoms with E-state index in [1.807, 2.05) is 11.4 Å². The maximum absolute atomic E-state index is 11.7. The zero-order valence-corrected chi connectivity index (χ0v) is 12.0. The molecule has 0 saturated heterocycles. The van der Waals surface area contributed by atoms with Gasteiger partial charge >= 0.3 is 5.97 Å². The number of thiophene rings is 1. The Kier molecular flexibility index (Phi) is 3.89. The average molecular weight is 279 g/mol. The number of rotatable bonds is 2. The van der Waals surface area contributed by atoms with Gasteiger partial charge in [0.2, 0.25) is 0 Å². The molecule has 1 atom stereocenters. The van der Waals surface area contributed by atoms with Crippen LogP contribution in [0.15, 0.2) is 11.4 Å². The number of nitrogens with zero attached hydrogens (tertiary/aromatic N) is 1. The Morgan fingerprint density at radius 1 is 1.26 bits per heavy atom. The van der Waals surface area contributed by atoms with Crippen molar-refractivity contribution >= 4 is 17.3 Å². The standard InChI is InChI=1S/C15H21NO2S/c17-15(18)14-12-8-10-19-13(12)7-9-16(14)11-5-3-1-2-4-6-11/h8,10-11,14H,1-7,9H2,(H,17,18). The van der Waals surface area contributed by atoms with Gasteiger partial charge in [-0.1, -0.05) is 25.7 Å². The van der Waals surface area contributed by atoms with Crippen molar-refractivity contribution < 1.29 is 9.90 Å². The summed E-state index contributed by atoms with van der Waals surface area (Å²) < 4.78 is 0. The number of hydrogen-bond donors (Lipinski definition) is 1. The van der Waals surface area contributed by atoms with E-state index in [0.717, 1.165) is 18.5 Å². The smallest absolute Gasteiger partial charge is 0.325 e. The molecule has 1 aliphatic carbocycles. The summed E-state index contributed by atoms with van der Waals surface area (Å²) in [5, 5.41) is 11.7. The molecule has 1 aliphatic heterocycles. The van der Waals surface area contributed by atoms with Gasteiger partial charge in [0.15, 0.2) is 0 Å². The van der Waals surface area contributed by atoms with Crippen molar-refractivity contribution in [1.29, 1.82) is 0 Å². The molecule has 0 spiro atoms. The van der Waals surface area contributed by atoms with Gasteiger partial charge in [-0.05, 0) is 36.3 Å². The van der Waals surface area contributed by atoms with Crippen LogP contribution >= 0.6 is 11.3 Å². The van der Waals surface area contributed by atoms with E-state index in [2.05, 4.69) is 4.90 Å². The fourth-order valence-electron chi connectivity index (χ4n) is 3.59. The quantitative estimate of drug-likeness (QED) is 0.843. The molecule has 0 radical (unpaired) electrons. The Bertz CT molecular complexity index is 449. The molecule has 1 unspecified atom stereocenters. The van der Waals surface area contributed by atoms with Crippen LogP contribution in [0.3, 0.4) is 0 Å². The minimum Gasteiger partial charge on any atom is -0.480 e. The normalized spacial score (nSPS) is 25.8. The predicted octanol–water partition coefficient (Wildman–Crippen LogP) is 3.45. The van der Waals surface area contributed by atoms with Gasteiger partial charge < -0.3 is 5.11 Å². The third-order valence-corrected chi connectivity index (χ3v) is 5.53. The van der Waals surface area contributed by atoms with Crippen molar-refractivity contribution in [3.8, 4) is 0 Å². The second-order valence-electron chi connectivity index (χ2n) is 5.67. The number of hydrogen-bond acceptors (Lipinski definition) is 3. The minimum absolute atomic E-state index is 0.405. The van der Waals surface area contributed by atoms with Gasteiger partial charge in [0.05, 0.1) is 0 Å². The first kappa shape index (κ1) is 13.1. The van der Waals surface area contributed by atoms with Gasteiger partial charge in [-0.15, -0.1) is 11.3 Å². The molecular weight excluding hydrogens is 258 g/mol. The number of aliphatic carboxylic acids is 1. The Hall–Kier alpha value is -0.870. The summed E-state index contributed by atoms with van der Waals surface area (Å²) in [5.74, 6) is -0.677. The van der Waals surface area contributed by atoms with Crippen LogP contribution in [0.2, 0.25) is 0 Å². The molecule has 3 rings (SSSR count). The van der Waals surface area contributed by atoms with E-state index in [9.17, 15) is 9.90 Å². The Balaban J connectivity index is 1.86. The summed E-state index contributed by atoms with van der Waals surface area (Å²) >= 11 is 1.71. The molecule has 4 heteroatoms. The first-order valence-electron chi connectivity index (χ1n) is 7.32. The molecule has 2 heterocycles. The molecule has 0 bridgehead atoms. The molecule has 104 valence electrons. The topological polar surface area (TPSA) is 40.5 Å². The van der Waals surface area contributed by atoms with E-state index < -0.39 is 12.0 Å². The lowest BCUT2D eigenvalue weighted by Crippen LogP contribution is -2.45. The van der Waals surface area contributed by atoms with E-state index in [1.165, 1.54) is 43.4 Å². The molecule has 1 N–H and O–H groups in total.